The van der Waals surface area contributed by atoms with E-state index in [2.05, 4.69) is 27.3 Å². The largest absolute Gasteiger partial charge is 0.296 e. The van der Waals surface area contributed by atoms with E-state index in [-0.39, 0.29) is 5.82 Å². The maximum Gasteiger partial charge on any atom is 0.123 e. The summed E-state index contributed by atoms with van der Waals surface area (Å²) in [5.74, 6) is 0.630. The van der Waals surface area contributed by atoms with Gasteiger partial charge >= 0.3 is 0 Å². The molecular formula is C20H23FN2S. The van der Waals surface area contributed by atoms with Gasteiger partial charge in [-0.1, -0.05) is 18.2 Å². The van der Waals surface area contributed by atoms with Crippen LogP contribution < -0.4 is 0 Å². The first-order chi connectivity index (χ1) is 11.7. The van der Waals surface area contributed by atoms with Crippen molar-refractivity contribution in [1.29, 1.82) is 0 Å². The molecule has 2 nitrogen and oxygen atoms in total. The summed E-state index contributed by atoms with van der Waals surface area (Å²) >= 11 is 1.87. The predicted octanol–water partition coefficient (Wildman–Crippen LogP) is 4.30. The minimum absolute atomic E-state index is 0.129. The quantitative estimate of drug-likeness (QED) is 0.821. The van der Waals surface area contributed by atoms with Gasteiger partial charge in [0.1, 0.15) is 5.82 Å². The van der Waals surface area contributed by atoms with Gasteiger partial charge in [0.25, 0.3) is 0 Å². The van der Waals surface area contributed by atoms with E-state index >= 15 is 0 Å². The number of halogens is 1. The Labute approximate surface area is 146 Å². The van der Waals surface area contributed by atoms with Crippen LogP contribution in [0.5, 0.6) is 0 Å². The predicted molar refractivity (Wildman–Crippen MR) is 95.5 cm³/mol. The van der Waals surface area contributed by atoms with Gasteiger partial charge in [0.15, 0.2) is 0 Å². The van der Waals surface area contributed by atoms with E-state index in [0.29, 0.717) is 11.6 Å². The van der Waals surface area contributed by atoms with Crippen LogP contribution in [0.4, 0.5) is 4.39 Å². The molecule has 126 valence electrons. The number of thiophene rings is 1. The van der Waals surface area contributed by atoms with Crippen molar-refractivity contribution in [3.63, 3.8) is 0 Å². The van der Waals surface area contributed by atoms with Gasteiger partial charge in [-0.15, -0.1) is 11.3 Å². The topological polar surface area (TPSA) is 6.48 Å². The third-order valence-electron chi connectivity index (χ3n) is 6.41. The summed E-state index contributed by atoms with van der Waals surface area (Å²) < 4.78 is 13.3. The Morgan fingerprint density at radius 3 is 2.88 bits per heavy atom. The van der Waals surface area contributed by atoms with Crippen LogP contribution in [0.1, 0.15) is 35.7 Å². The van der Waals surface area contributed by atoms with E-state index in [9.17, 15) is 4.39 Å². The Morgan fingerprint density at radius 1 is 1.21 bits per heavy atom. The second-order valence-corrected chi connectivity index (χ2v) is 8.68. The van der Waals surface area contributed by atoms with E-state index in [4.69, 9.17) is 0 Å². The first-order valence-corrected chi connectivity index (χ1v) is 9.89. The average Bonchev–Trinajstić information content (AvgIpc) is 3.31. The van der Waals surface area contributed by atoms with E-state index < -0.39 is 0 Å². The molecule has 4 heterocycles. The fraction of sp³-hybridized carbons (Fsp3) is 0.500. The fourth-order valence-electron chi connectivity index (χ4n) is 5.49. The lowest BCUT2D eigenvalue weighted by atomic mass is 9.86. The van der Waals surface area contributed by atoms with Crippen molar-refractivity contribution in [3.8, 4) is 0 Å². The third kappa shape index (κ3) is 2.27. The molecule has 0 unspecified atom stereocenters. The first kappa shape index (κ1) is 15.1. The Morgan fingerprint density at radius 2 is 2.08 bits per heavy atom. The van der Waals surface area contributed by atoms with Gasteiger partial charge < -0.3 is 0 Å². The molecule has 0 radical (unpaired) electrons. The average molecular weight is 342 g/mol. The van der Waals surface area contributed by atoms with Crippen LogP contribution in [0.15, 0.2) is 41.8 Å². The van der Waals surface area contributed by atoms with Crippen LogP contribution in [-0.2, 0) is 6.54 Å². The van der Waals surface area contributed by atoms with Crippen LogP contribution in [0.25, 0.3) is 0 Å². The number of nitrogens with zero attached hydrogens (tertiary/aromatic N) is 2. The van der Waals surface area contributed by atoms with Crippen molar-refractivity contribution < 1.29 is 4.39 Å². The molecule has 24 heavy (non-hydrogen) atoms. The maximum atomic E-state index is 13.3. The van der Waals surface area contributed by atoms with E-state index in [1.54, 1.807) is 12.1 Å². The number of hydrogen-bond donors (Lipinski definition) is 0. The van der Waals surface area contributed by atoms with Crippen LogP contribution in [0.2, 0.25) is 0 Å². The Bertz CT molecular complexity index is 714. The van der Waals surface area contributed by atoms with Crippen LogP contribution in [0.3, 0.4) is 0 Å². The number of likely N-dealkylation sites (tertiary alicyclic amines) is 1. The fourth-order valence-corrected chi connectivity index (χ4v) is 6.24. The van der Waals surface area contributed by atoms with Crippen LogP contribution in [0, 0.1) is 11.7 Å². The molecule has 5 rings (SSSR count). The zero-order chi connectivity index (χ0) is 16.1. The van der Waals surface area contributed by atoms with Crippen molar-refractivity contribution in [2.45, 2.75) is 37.4 Å². The lowest BCUT2D eigenvalue weighted by Crippen LogP contribution is -2.45. The monoisotopic (exact) mass is 342 g/mol. The molecule has 2 aromatic rings. The summed E-state index contributed by atoms with van der Waals surface area (Å²) in [4.78, 5) is 6.90. The van der Waals surface area contributed by atoms with Gasteiger partial charge in [-0.3, -0.25) is 9.80 Å². The molecule has 0 bridgehead atoms. The summed E-state index contributed by atoms with van der Waals surface area (Å²) in [6, 6.07) is 12.1. The standard InChI is InChI=1S/C20H23FN2S/c21-17-6-4-15(5-7-17)19-11-16-12-22(13-18-3-1-10-24-18)14-20(16)8-2-9-23(19)20/h1,3-7,10,16,19H,2,8-9,11-14H2/t16-,19-,20-/m1/s1. The molecular weight excluding hydrogens is 319 g/mol. The normalized spacial score (nSPS) is 33.0. The van der Waals surface area contributed by atoms with Crippen LogP contribution in [-0.4, -0.2) is 35.0 Å². The van der Waals surface area contributed by atoms with Gasteiger partial charge in [0.2, 0.25) is 0 Å². The van der Waals surface area contributed by atoms with Gasteiger partial charge in [-0.05, 0) is 60.9 Å². The lowest BCUT2D eigenvalue weighted by molar-refractivity contribution is 0.131. The van der Waals surface area contributed by atoms with Crippen molar-refractivity contribution in [2.75, 3.05) is 19.6 Å². The molecule has 1 spiro atoms. The van der Waals surface area contributed by atoms with E-state index in [1.165, 1.54) is 49.3 Å². The Balaban J connectivity index is 1.38. The van der Waals surface area contributed by atoms with Gasteiger partial charge in [0.05, 0.1) is 0 Å². The zero-order valence-corrected chi connectivity index (χ0v) is 14.6. The van der Waals surface area contributed by atoms with Crippen molar-refractivity contribution >= 4 is 11.3 Å². The second kappa shape index (κ2) is 5.65. The molecule has 4 heteroatoms. The Hall–Kier alpha value is -1.23. The number of rotatable bonds is 3. The van der Waals surface area contributed by atoms with Crippen molar-refractivity contribution in [2.24, 2.45) is 5.92 Å². The van der Waals surface area contributed by atoms with Crippen LogP contribution >= 0.6 is 11.3 Å². The highest BCUT2D eigenvalue weighted by Gasteiger charge is 2.59. The molecule has 0 saturated carbocycles. The van der Waals surface area contributed by atoms with Gasteiger partial charge in [-0.2, -0.15) is 0 Å². The Kier molecular flexibility index (Phi) is 3.55. The molecule has 3 fully saturated rings. The number of hydrogen-bond acceptors (Lipinski definition) is 3. The summed E-state index contributed by atoms with van der Waals surface area (Å²) in [5.41, 5.74) is 1.67. The lowest BCUT2D eigenvalue weighted by Gasteiger charge is -2.35. The first-order valence-electron chi connectivity index (χ1n) is 9.01. The molecule has 0 N–H and O–H groups in total. The minimum atomic E-state index is -0.129. The molecule has 3 saturated heterocycles. The summed E-state index contributed by atoms with van der Waals surface area (Å²) in [7, 11) is 0. The summed E-state index contributed by atoms with van der Waals surface area (Å²) in [6.45, 7) is 4.72. The molecule has 0 amide bonds. The van der Waals surface area contributed by atoms with E-state index in [1.807, 2.05) is 23.5 Å². The van der Waals surface area contributed by atoms with Gasteiger partial charge in [-0.25, -0.2) is 4.39 Å². The van der Waals surface area contributed by atoms with E-state index in [0.717, 1.165) is 12.5 Å². The molecule has 3 atom stereocenters. The second-order valence-electron chi connectivity index (χ2n) is 7.65. The third-order valence-corrected chi connectivity index (χ3v) is 7.28. The molecule has 3 aliphatic rings. The number of benzene rings is 1. The molecule has 1 aromatic carbocycles. The van der Waals surface area contributed by atoms with Crippen molar-refractivity contribution in [1.82, 2.24) is 9.80 Å². The maximum absolute atomic E-state index is 13.3. The molecule has 3 aliphatic heterocycles. The minimum Gasteiger partial charge on any atom is -0.296 e. The molecule has 1 aromatic heterocycles. The van der Waals surface area contributed by atoms with Gasteiger partial charge in [0, 0.05) is 36.1 Å². The van der Waals surface area contributed by atoms with Crippen molar-refractivity contribution in [3.05, 3.63) is 58.0 Å². The smallest absolute Gasteiger partial charge is 0.123 e. The highest BCUT2D eigenvalue weighted by Crippen LogP contribution is 2.55. The SMILES string of the molecule is Fc1ccc([C@H]2C[C@@H]3CN(Cc4cccs4)C[C@]34CCCN24)cc1. The highest BCUT2D eigenvalue weighted by atomic mass is 32.1. The highest BCUT2D eigenvalue weighted by molar-refractivity contribution is 7.09. The summed E-state index contributed by atoms with van der Waals surface area (Å²) in [6.07, 6.45) is 3.86. The molecule has 0 aliphatic carbocycles. The summed E-state index contributed by atoms with van der Waals surface area (Å²) in [5, 5.41) is 2.18. The zero-order valence-electron chi connectivity index (χ0n) is 13.8.